The zero-order valence-corrected chi connectivity index (χ0v) is 15.3. The predicted octanol–water partition coefficient (Wildman–Crippen LogP) is 4.30. The molecule has 0 aromatic heterocycles. The van der Waals surface area contributed by atoms with Gasteiger partial charge in [0, 0.05) is 27.8 Å². The molecule has 1 aliphatic heterocycles. The van der Waals surface area contributed by atoms with E-state index in [9.17, 15) is 9.59 Å². The van der Waals surface area contributed by atoms with Crippen molar-refractivity contribution < 1.29 is 14.7 Å². The number of hydrogen-bond donors (Lipinski definition) is 2. The molecular weight excluding hydrogens is 358 g/mol. The number of hydrogen-bond acceptors (Lipinski definition) is 3. The zero-order valence-electron chi connectivity index (χ0n) is 13.7. The smallest absolute Gasteiger partial charge is 0.332 e. The summed E-state index contributed by atoms with van der Waals surface area (Å²) in [7, 11) is 0. The lowest BCUT2D eigenvalue weighted by Gasteiger charge is -2.16. The van der Waals surface area contributed by atoms with E-state index in [1.165, 1.54) is 11.8 Å². The van der Waals surface area contributed by atoms with E-state index >= 15 is 0 Å². The molecule has 0 radical (unpaired) electrons. The number of carboxylic acids is 1. The molecule has 0 saturated carbocycles. The molecule has 4 nitrogen and oxygen atoms in total. The molecule has 0 saturated heterocycles. The molecule has 1 atom stereocenters. The van der Waals surface area contributed by atoms with Crippen LogP contribution in [0.15, 0.2) is 52.6 Å². The number of carbonyl (C=O) groups is 2. The number of aliphatic carboxylic acids is 1. The van der Waals surface area contributed by atoms with Gasteiger partial charge in [-0.2, -0.15) is 11.8 Å². The van der Waals surface area contributed by atoms with Gasteiger partial charge >= 0.3 is 5.97 Å². The van der Waals surface area contributed by atoms with Crippen molar-refractivity contribution in [3.05, 3.63) is 58.2 Å². The van der Waals surface area contributed by atoms with Gasteiger partial charge in [0.1, 0.15) is 0 Å². The van der Waals surface area contributed by atoms with Crippen LogP contribution < -0.4 is 5.32 Å². The van der Waals surface area contributed by atoms with Crippen LogP contribution in [0.2, 0.25) is 0 Å². The standard InChI is InChI=1S/C19H18ClNO3S/c1-11-2-7-14(17(20)8-11)12-3-5-13(6-4-12)21-18(22)15-9-25-10-16(15)19(23)24/h2-7,11H,8-10H2,1H3,(H,21,22)(H,23,24). The number of nitrogens with one attached hydrogen (secondary N) is 1. The Morgan fingerprint density at radius 3 is 2.52 bits per heavy atom. The summed E-state index contributed by atoms with van der Waals surface area (Å²) in [6.45, 7) is 2.12. The molecule has 2 N–H and O–H groups in total. The van der Waals surface area contributed by atoms with Gasteiger partial charge in [0.15, 0.2) is 0 Å². The van der Waals surface area contributed by atoms with Gasteiger partial charge in [0.25, 0.3) is 5.91 Å². The first kappa shape index (κ1) is 17.8. The van der Waals surface area contributed by atoms with E-state index in [2.05, 4.69) is 18.3 Å². The first-order valence-corrected chi connectivity index (χ1v) is 9.50. The van der Waals surface area contributed by atoms with E-state index in [4.69, 9.17) is 16.7 Å². The minimum atomic E-state index is -1.02. The summed E-state index contributed by atoms with van der Waals surface area (Å²) in [6.07, 6.45) is 4.99. The number of benzene rings is 1. The van der Waals surface area contributed by atoms with Crippen LogP contribution in [-0.4, -0.2) is 28.5 Å². The van der Waals surface area contributed by atoms with Crippen molar-refractivity contribution in [1.82, 2.24) is 0 Å². The number of rotatable bonds is 4. The molecule has 130 valence electrons. The topological polar surface area (TPSA) is 66.4 Å². The monoisotopic (exact) mass is 375 g/mol. The maximum Gasteiger partial charge on any atom is 0.332 e. The second-order valence-corrected chi connectivity index (χ2v) is 7.59. The Morgan fingerprint density at radius 1 is 1.20 bits per heavy atom. The van der Waals surface area contributed by atoms with Crippen molar-refractivity contribution in [1.29, 1.82) is 0 Å². The quantitative estimate of drug-likeness (QED) is 0.823. The maximum atomic E-state index is 12.3. The molecule has 1 amide bonds. The van der Waals surface area contributed by atoms with Gasteiger partial charge in [0.2, 0.25) is 0 Å². The third kappa shape index (κ3) is 3.99. The minimum absolute atomic E-state index is 0.192. The Balaban J connectivity index is 1.75. The summed E-state index contributed by atoms with van der Waals surface area (Å²) >= 11 is 7.80. The first-order valence-electron chi connectivity index (χ1n) is 7.97. The maximum absolute atomic E-state index is 12.3. The summed E-state index contributed by atoms with van der Waals surface area (Å²) in [5.74, 6) is -0.133. The largest absolute Gasteiger partial charge is 0.478 e. The van der Waals surface area contributed by atoms with Crippen molar-refractivity contribution in [2.75, 3.05) is 16.8 Å². The van der Waals surface area contributed by atoms with Crippen LogP contribution in [0.25, 0.3) is 5.57 Å². The van der Waals surface area contributed by atoms with Crippen molar-refractivity contribution in [3.63, 3.8) is 0 Å². The Bertz CT molecular complexity index is 808. The Labute approximate surface area is 155 Å². The van der Waals surface area contributed by atoms with Gasteiger partial charge in [-0.25, -0.2) is 4.79 Å². The minimum Gasteiger partial charge on any atom is -0.478 e. The normalized spacial score (nSPS) is 20.2. The Kier molecular flexibility index (Phi) is 5.35. The number of carboxylic acid groups (broad SMARTS) is 1. The molecule has 1 aliphatic carbocycles. The average Bonchev–Trinajstić information content (AvgIpc) is 3.06. The first-order chi connectivity index (χ1) is 12.0. The molecule has 1 heterocycles. The molecule has 2 aliphatic rings. The van der Waals surface area contributed by atoms with Gasteiger partial charge in [-0.05, 0) is 35.6 Å². The van der Waals surface area contributed by atoms with E-state index in [0.717, 1.165) is 22.6 Å². The SMILES string of the molecule is CC1C=CC(c2ccc(NC(=O)C3=C(C(=O)O)CSC3)cc2)=C(Cl)C1. The fourth-order valence-electron chi connectivity index (χ4n) is 2.83. The summed E-state index contributed by atoms with van der Waals surface area (Å²) < 4.78 is 0. The van der Waals surface area contributed by atoms with Gasteiger partial charge in [-0.1, -0.05) is 42.8 Å². The third-order valence-electron chi connectivity index (χ3n) is 4.23. The highest BCUT2D eigenvalue weighted by atomic mass is 35.5. The second kappa shape index (κ2) is 7.50. The van der Waals surface area contributed by atoms with Crippen molar-refractivity contribution in [2.24, 2.45) is 5.92 Å². The van der Waals surface area contributed by atoms with E-state index < -0.39 is 5.97 Å². The molecule has 0 spiro atoms. The number of anilines is 1. The van der Waals surface area contributed by atoms with Crippen LogP contribution in [-0.2, 0) is 9.59 Å². The lowest BCUT2D eigenvalue weighted by molar-refractivity contribution is -0.132. The number of thioether (sulfide) groups is 1. The second-order valence-electron chi connectivity index (χ2n) is 6.15. The number of carbonyl (C=O) groups excluding carboxylic acids is 1. The van der Waals surface area contributed by atoms with Gasteiger partial charge in [0.05, 0.1) is 5.57 Å². The predicted molar refractivity (Wildman–Crippen MR) is 103 cm³/mol. The highest BCUT2D eigenvalue weighted by Crippen LogP contribution is 2.33. The van der Waals surface area contributed by atoms with Crippen LogP contribution in [0.5, 0.6) is 0 Å². The molecule has 25 heavy (non-hydrogen) atoms. The lowest BCUT2D eigenvalue weighted by Crippen LogP contribution is -2.18. The lowest BCUT2D eigenvalue weighted by atomic mass is 9.94. The van der Waals surface area contributed by atoms with Gasteiger partial charge < -0.3 is 10.4 Å². The molecule has 1 unspecified atom stereocenters. The molecule has 6 heteroatoms. The molecule has 0 fully saturated rings. The molecule has 3 rings (SSSR count). The fraction of sp³-hybridized carbons (Fsp3) is 0.263. The number of allylic oxidation sites excluding steroid dienone is 4. The number of halogens is 1. The van der Waals surface area contributed by atoms with Gasteiger partial charge in [-0.15, -0.1) is 0 Å². The highest BCUT2D eigenvalue weighted by molar-refractivity contribution is 8.00. The van der Waals surface area contributed by atoms with Gasteiger partial charge in [-0.3, -0.25) is 4.79 Å². The van der Waals surface area contributed by atoms with Crippen LogP contribution in [0.1, 0.15) is 18.9 Å². The van der Waals surface area contributed by atoms with E-state index in [1.807, 2.05) is 18.2 Å². The molecule has 1 aromatic carbocycles. The Hall–Kier alpha value is -1.98. The summed E-state index contributed by atoms with van der Waals surface area (Å²) in [4.78, 5) is 23.5. The summed E-state index contributed by atoms with van der Waals surface area (Å²) in [5.41, 5.74) is 3.16. The molecule has 1 aromatic rings. The zero-order chi connectivity index (χ0) is 18.0. The third-order valence-corrected chi connectivity index (χ3v) is 5.57. The van der Waals surface area contributed by atoms with E-state index in [0.29, 0.717) is 28.7 Å². The van der Waals surface area contributed by atoms with Crippen LogP contribution in [0.4, 0.5) is 5.69 Å². The van der Waals surface area contributed by atoms with Crippen molar-refractivity contribution in [3.8, 4) is 0 Å². The van der Waals surface area contributed by atoms with E-state index in [-0.39, 0.29) is 11.5 Å². The van der Waals surface area contributed by atoms with E-state index in [1.54, 1.807) is 12.1 Å². The molecule has 0 bridgehead atoms. The van der Waals surface area contributed by atoms with Crippen LogP contribution >= 0.6 is 23.4 Å². The van der Waals surface area contributed by atoms with Crippen molar-refractivity contribution in [2.45, 2.75) is 13.3 Å². The van der Waals surface area contributed by atoms with Crippen molar-refractivity contribution >= 4 is 46.5 Å². The van der Waals surface area contributed by atoms with Crippen LogP contribution in [0, 0.1) is 5.92 Å². The van der Waals surface area contributed by atoms with Crippen LogP contribution in [0.3, 0.4) is 0 Å². The average molecular weight is 376 g/mol. The summed E-state index contributed by atoms with van der Waals surface area (Å²) in [5, 5.41) is 12.8. The fourth-order valence-corrected chi connectivity index (χ4v) is 4.36. The number of amides is 1. The Morgan fingerprint density at radius 2 is 1.88 bits per heavy atom. The molecular formula is C19H18ClNO3S. The summed E-state index contributed by atoms with van der Waals surface area (Å²) in [6, 6.07) is 7.42. The highest BCUT2D eigenvalue weighted by Gasteiger charge is 2.25.